The van der Waals surface area contributed by atoms with Crippen molar-refractivity contribution in [3.63, 3.8) is 0 Å². The van der Waals surface area contributed by atoms with Gasteiger partial charge in [-0.2, -0.15) is 8.78 Å². The number of carbonyl (C=O) groups is 1. The van der Waals surface area contributed by atoms with E-state index in [0.29, 0.717) is 35.3 Å². The number of ether oxygens (including phenoxy) is 2. The summed E-state index contributed by atoms with van der Waals surface area (Å²) in [5.41, 5.74) is 6.25. The zero-order valence-electron chi connectivity index (χ0n) is 18.4. The van der Waals surface area contributed by atoms with Crippen LogP contribution < -0.4 is 15.2 Å². The molecule has 0 radical (unpaired) electrons. The maximum absolute atomic E-state index is 13.7. The third-order valence-electron chi connectivity index (χ3n) is 5.60. The largest absolute Gasteiger partial charge is 0.493 e. The van der Waals surface area contributed by atoms with Crippen LogP contribution in [0.25, 0.3) is 0 Å². The molecule has 0 fully saturated rings. The normalized spacial score (nSPS) is 20.4. The molecule has 0 saturated heterocycles. The van der Waals surface area contributed by atoms with Gasteiger partial charge >= 0.3 is 6.61 Å². The first kappa shape index (κ1) is 24.5. The maximum Gasteiger partial charge on any atom is 0.387 e. The second-order valence-corrected chi connectivity index (χ2v) is 7.86. The van der Waals surface area contributed by atoms with Crippen molar-refractivity contribution in [2.24, 2.45) is 16.6 Å². The van der Waals surface area contributed by atoms with E-state index in [1.165, 1.54) is 24.3 Å². The Balaban J connectivity index is 2.09. The predicted octanol–water partition coefficient (Wildman–Crippen LogP) is 5.23. The Kier molecular flexibility index (Phi) is 7.61. The highest BCUT2D eigenvalue weighted by Gasteiger charge is 2.51. The summed E-state index contributed by atoms with van der Waals surface area (Å²) in [6.45, 7) is 0.522. The number of aliphatic imine (C=N–C) groups is 1. The summed E-state index contributed by atoms with van der Waals surface area (Å²) < 4.78 is 60.2. The quantitative estimate of drug-likeness (QED) is 0.487. The predicted molar refractivity (Wildman–Crippen MR) is 116 cm³/mol. The van der Waals surface area contributed by atoms with Gasteiger partial charge in [-0.15, -0.1) is 0 Å². The molecule has 0 amide bonds. The monoisotopic (exact) mass is 466 g/mol. The lowest BCUT2D eigenvalue weighted by Crippen LogP contribution is -2.36. The molecule has 9 heteroatoms. The molecule has 2 unspecified atom stereocenters. The van der Waals surface area contributed by atoms with E-state index in [-0.39, 0.29) is 24.0 Å². The van der Waals surface area contributed by atoms with Crippen molar-refractivity contribution in [1.82, 2.24) is 0 Å². The molecule has 2 aromatic rings. The number of halogens is 4. The number of Topliss-reactive ketones (excluding diaryl/α,β-unsaturated/α-hetero) is 1. The van der Waals surface area contributed by atoms with Crippen LogP contribution in [0.5, 0.6) is 11.5 Å². The summed E-state index contributed by atoms with van der Waals surface area (Å²) in [6, 6.07) is 10.7. The Hall–Kier alpha value is -3.10. The van der Waals surface area contributed by atoms with Gasteiger partial charge in [0.25, 0.3) is 0 Å². The van der Waals surface area contributed by atoms with Gasteiger partial charge in [-0.05, 0) is 48.2 Å². The highest BCUT2D eigenvalue weighted by Crippen LogP contribution is 2.44. The average molecular weight is 466 g/mol. The summed E-state index contributed by atoms with van der Waals surface area (Å²) in [7, 11) is 0. The van der Waals surface area contributed by atoms with E-state index in [0.717, 1.165) is 0 Å². The smallest absolute Gasteiger partial charge is 0.387 e. The number of ketones is 1. The maximum atomic E-state index is 13.7. The second kappa shape index (κ2) is 10.2. The van der Waals surface area contributed by atoms with Crippen LogP contribution in [0.1, 0.15) is 42.9 Å². The minimum absolute atomic E-state index is 0.0590. The standard InChI is InChI=1S/C24H26F4N2O3/c1-3-4-18-21(31)24(30-22(18)29,15-7-9-17(10-8-15)33-23(27)28)16-6-5-14(2)19(13-16)32-12-11-20(25)26/h5-10,13,18,20,23H,3-4,11-12H2,1-2H3,(H2,29,30). The molecular formula is C24H26F4N2O3. The Morgan fingerprint density at radius 2 is 1.76 bits per heavy atom. The molecule has 1 heterocycles. The number of nitrogens with zero attached hydrogens (tertiary/aromatic N) is 1. The molecule has 0 aromatic heterocycles. The van der Waals surface area contributed by atoms with E-state index in [1.807, 2.05) is 6.92 Å². The fourth-order valence-corrected chi connectivity index (χ4v) is 3.98. The molecule has 33 heavy (non-hydrogen) atoms. The molecule has 178 valence electrons. The van der Waals surface area contributed by atoms with Crippen LogP contribution >= 0.6 is 0 Å². The van der Waals surface area contributed by atoms with Crippen LogP contribution in [-0.2, 0) is 10.3 Å². The van der Waals surface area contributed by atoms with E-state index in [2.05, 4.69) is 9.73 Å². The first-order valence-electron chi connectivity index (χ1n) is 10.7. The van der Waals surface area contributed by atoms with E-state index in [4.69, 9.17) is 10.5 Å². The van der Waals surface area contributed by atoms with Crippen molar-refractivity contribution in [2.45, 2.75) is 51.7 Å². The van der Waals surface area contributed by atoms with Crippen molar-refractivity contribution in [3.05, 3.63) is 59.2 Å². The van der Waals surface area contributed by atoms with Crippen LogP contribution in [-0.4, -0.2) is 31.3 Å². The minimum atomic E-state index is -2.98. The number of rotatable bonds is 10. The van der Waals surface area contributed by atoms with Gasteiger partial charge < -0.3 is 15.2 Å². The first-order valence-corrected chi connectivity index (χ1v) is 10.7. The summed E-state index contributed by atoms with van der Waals surface area (Å²) in [5.74, 6) is -0.360. The minimum Gasteiger partial charge on any atom is -0.493 e. The third-order valence-corrected chi connectivity index (χ3v) is 5.60. The first-order chi connectivity index (χ1) is 15.7. The van der Waals surface area contributed by atoms with Crippen molar-refractivity contribution in [3.8, 4) is 11.5 Å². The van der Waals surface area contributed by atoms with E-state index in [1.54, 1.807) is 25.1 Å². The lowest BCUT2D eigenvalue weighted by Gasteiger charge is -2.28. The number of carbonyl (C=O) groups excluding carboxylic acids is 1. The highest BCUT2D eigenvalue weighted by molar-refractivity contribution is 6.14. The molecule has 0 bridgehead atoms. The number of nitrogens with two attached hydrogens (primary N) is 1. The lowest BCUT2D eigenvalue weighted by molar-refractivity contribution is -0.124. The highest BCUT2D eigenvalue weighted by atomic mass is 19.3. The Morgan fingerprint density at radius 3 is 2.36 bits per heavy atom. The average Bonchev–Trinajstić information content (AvgIpc) is 3.01. The molecule has 2 atom stereocenters. The van der Waals surface area contributed by atoms with Crippen molar-refractivity contribution < 1.29 is 31.8 Å². The van der Waals surface area contributed by atoms with Gasteiger partial charge in [0.2, 0.25) is 6.43 Å². The third kappa shape index (κ3) is 5.12. The van der Waals surface area contributed by atoms with Gasteiger partial charge in [-0.1, -0.05) is 37.6 Å². The molecule has 0 saturated carbocycles. The topological polar surface area (TPSA) is 73.9 Å². The molecule has 2 N–H and O–H groups in total. The van der Waals surface area contributed by atoms with Crippen LogP contribution in [0.2, 0.25) is 0 Å². The molecule has 1 aliphatic rings. The number of hydrogen-bond donors (Lipinski definition) is 1. The van der Waals surface area contributed by atoms with Crippen molar-refractivity contribution in [1.29, 1.82) is 0 Å². The van der Waals surface area contributed by atoms with Gasteiger partial charge in [-0.3, -0.25) is 4.79 Å². The van der Waals surface area contributed by atoms with Gasteiger partial charge in [-0.25, -0.2) is 13.8 Å². The Morgan fingerprint density at radius 1 is 1.09 bits per heavy atom. The number of alkyl halides is 4. The fraction of sp³-hybridized carbons (Fsp3) is 0.417. The lowest BCUT2D eigenvalue weighted by atomic mass is 9.77. The van der Waals surface area contributed by atoms with Crippen LogP contribution in [0.4, 0.5) is 17.6 Å². The van der Waals surface area contributed by atoms with E-state index in [9.17, 15) is 22.4 Å². The number of benzene rings is 2. The molecule has 3 rings (SSSR count). The Labute approximate surface area is 189 Å². The molecular weight excluding hydrogens is 440 g/mol. The van der Waals surface area contributed by atoms with E-state index < -0.39 is 30.9 Å². The van der Waals surface area contributed by atoms with Crippen molar-refractivity contribution >= 4 is 11.6 Å². The molecule has 2 aromatic carbocycles. The van der Waals surface area contributed by atoms with Crippen LogP contribution in [0.3, 0.4) is 0 Å². The SMILES string of the molecule is CCCC1C(=O)C(c2ccc(OC(F)F)cc2)(c2ccc(C)c(OCCC(F)F)c2)N=C1N. The summed E-state index contributed by atoms with van der Waals surface area (Å²) >= 11 is 0. The number of hydrogen-bond acceptors (Lipinski definition) is 5. The summed E-state index contributed by atoms with van der Waals surface area (Å²) in [5, 5.41) is 0. The second-order valence-electron chi connectivity index (χ2n) is 7.86. The zero-order chi connectivity index (χ0) is 24.2. The van der Waals surface area contributed by atoms with Gasteiger partial charge in [0.15, 0.2) is 11.3 Å². The van der Waals surface area contributed by atoms with Gasteiger partial charge in [0, 0.05) is 6.42 Å². The zero-order valence-corrected chi connectivity index (χ0v) is 18.4. The van der Waals surface area contributed by atoms with Crippen molar-refractivity contribution in [2.75, 3.05) is 6.61 Å². The van der Waals surface area contributed by atoms with Crippen LogP contribution in [0, 0.1) is 12.8 Å². The summed E-state index contributed by atoms with van der Waals surface area (Å²) in [4.78, 5) is 18.3. The number of aryl methyl sites for hydroxylation is 1. The molecule has 0 spiro atoms. The van der Waals surface area contributed by atoms with Gasteiger partial charge in [0.1, 0.15) is 17.3 Å². The number of amidine groups is 1. The molecule has 5 nitrogen and oxygen atoms in total. The molecule has 0 aliphatic carbocycles. The summed E-state index contributed by atoms with van der Waals surface area (Å²) in [6.07, 6.45) is -1.71. The fourth-order valence-electron chi connectivity index (χ4n) is 3.98. The molecule has 1 aliphatic heterocycles. The van der Waals surface area contributed by atoms with E-state index >= 15 is 0 Å². The van der Waals surface area contributed by atoms with Crippen LogP contribution in [0.15, 0.2) is 47.5 Å². The Bertz CT molecular complexity index is 1010. The van der Waals surface area contributed by atoms with Gasteiger partial charge in [0.05, 0.1) is 12.5 Å².